The summed E-state index contributed by atoms with van der Waals surface area (Å²) in [6.45, 7) is 8.38. The summed E-state index contributed by atoms with van der Waals surface area (Å²) in [7, 11) is 0. The van der Waals surface area contributed by atoms with Crippen LogP contribution in [0.2, 0.25) is 10.0 Å². The third kappa shape index (κ3) is 4.15. The van der Waals surface area contributed by atoms with Gasteiger partial charge in [0.1, 0.15) is 0 Å². The molecule has 88 valence electrons. The molecule has 0 spiro atoms. The van der Waals surface area contributed by atoms with E-state index in [1.165, 1.54) is 0 Å². The summed E-state index contributed by atoms with van der Waals surface area (Å²) in [5.41, 5.74) is 1.10. The molecule has 0 saturated heterocycles. The maximum Gasteiger partial charge on any atom is 0.0731 e. The molecule has 0 aliphatic heterocycles. The van der Waals surface area contributed by atoms with Gasteiger partial charge in [0.25, 0.3) is 0 Å². The van der Waals surface area contributed by atoms with Crippen molar-refractivity contribution in [3.05, 3.63) is 33.8 Å². The lowest BCUT2D eigenvalue weighted by Gasteiger charge is -2.14. The number of benzene rings is 1. The van der Waals surface area contributed by atoms with Crippen molar-refractivity contribution in [1.29, 1.82) is 0 Å². The molecular weight excluding hydrogens is 241 g/mol. The van der Waals surface area contributed by atoms with E-state index in [4.69, 9.17) is 23.2 Å². The van der Waals surface area contributed by atoms with Crippen molar-refractivity contribution in [1.82, 2.24) is 0 Å². The molecule has 1 atom stereocenters. The fraction of sp³-hybridized carbons (Fsp3) is 0.462. The summed E-state index contributed by atoms with van der Waals surface area (Å²) in [5, 5.41) is 1.33. The number of halogens is 2. The van der Waals surface area contributed by atoms with Crippen LogP contribution < -0.4 is 0 Å². The molecule has 0 amide bonds. The van der Waals surface area contributed by atoms with E-state index in [-0.39, 0.29) is 11.5 Å². The van der Waals surface area contributed by atoms with Gasteiger partial charge in [0.2, 0.25) is 0 Å². The number of nitrogens with zero attached hydrogens (tertiary/aromatic N) is 1. The number of hydrogen-bond donors (Lipinski definition) is 0. The highest BCUT2D eigenvalue weighted by atomic mass is 35.5. The van der Waals surface area contributed by atoms with Crippen LogP contribution in [0.3, 0.4) is 0 Å². The highest BCUT2D eigenvalue weighted by Crippen LogP contribution is 2.28. The molecule has 0 aliphatic carbocycles. The summed E-state index contributed by atoms with van der Waals surface area (Å²) in [6, 6.07) is 5.58. The summed E-state index contributed by atoms with van der Waals surface area (Å²) in [5.74, 6) is 0. The zero-order valence-electron chi connectivity index (χ0n) is 10.1. The molecule has 0 N–H and O–H groups in total. The Labute approximate surface area is 107 Å². The second-order valence-corrected chi connectivity index (χ2v) is 5.83. The van der Waals surface area contributed by atoms with Gasteiger partial charge in [0.15, 0.2) is 0 Å². The Bertz CT molecular complexity index is 391. The monoisotopic (exact) mass is 257 g/mol. The zero-order valence-corrected chi connectivity index (χ0v) is 11.6. The maximum atomic E-state index is 6.12. The normalized spacial score (nSPS) is 14.4. The predicted molar refractivity (Wildman–Crippen MR) is 72.8 cm³/mol. The molecule has 0 bridgehead atoms. The highest BCUT2D eigenvalue weighted by Gasteiger charge is 2.10. The molecule has 1 rings (SSSR count). The van der Waals surface area contributed by atoms with Gasteiger partial charge in [0.05, 0.1) is 6.04 Å². The molecule has 16 heavy (non-hydrogen) atoms. The SMILES string of the molecule is CC(N=CC(C)(C)C)c1ccc(Cl)cc1Cl. The van der Waals surface area contributed by atoms with Gasteiger partial charge in [-0.15, -0.1) is 0 Å². The maximum absolute atomic E-state index is 6.12. The van der Waals surface area contributed by atoms with Crippen molar-refractivity contribution in [2.75, 3.05) is 0 Å². The number of hydrogen-bond acceptors (Lipinski definition) is 1. The molecule has 0 fully saturated rings. The van der Waals surface area contributed by atoms with Crippen molar-refractivity contribution in [3.8, 4) is 0 Å². The van der Waals surface area contributed by atoms with E-state index in [0.29, 0.717) is 10.0 Å². The lowest BCUT2D eigenvalue weighted by Crippen LogP contribution is -2.07. The van der Waals surface area contributed by atoms with Crippen LogP contribution in [0.4, 0.5) is 0 Å². The van der Waals surface area contributed by atoms with Crippen LogP contribution >= 0.6 is 23.2 Å². The fourth-order valence-corrected chi connectivity index (χ4v) is 1.82. The summed E-state index contributed by atoms with van der Waals surface area (Å²) >= 11 is 12.0. The van der Waals surface area contributed by atoms with E-state index in [9.17, 15) is 0 Å². The Morgan fingerprint density at radius 3 is 2.38 bits per heavy atom. The van der Waals surface area contributed by atoms with Crippen molar-refractivity contribution in [2.24, 2.45) is 10.4 Å². The summed E-state index contributed by atoms with van der Waals surface area (Å²) in [6.07, 6.45) is 1.96. The topological polar surface area (TPSA) is 12.4 Å². The Morgan fingerprint density at radius 1 is 1.25 bits per heavy atom. The van der Waals surface area contributed by atoms with Gasteiger partial charge in [-0.05, 0) is 30.0 Å². The Hall–Kier alpha value is -0.530. The fourth-order valence-electron chi connectivity index (χ4n) is 1.26. The lowest BCUT2D eigenvalue weighted by molar-refractivity contribution is 0.599. The van der Waals surface area contributed by atoms with E-state index < -0.39 is 0 Å². The highest BCUT2D eigenvalue weighted by molar-refractivity contribution is 6.35. The standard InChI is InChI=1S/C13H17Cl2N/c1-9(16-8-13(2,3)4)11-6-5-10(14)7-12(11)15/h5-9H,1-4H3. The van der Waals surface area contributed by atoms with Crippen LogP contribution in [-0.4, -0.2) is 6.21 Å². The minimum atomic E-state index is 0.0593. The third-order valence-electron chi connectivity index (χ3n) is 2.10. The number of aliphatic imine (C=N–C) groups is 1. The minimum Gasteiger partial charge on any atom is -0.289 e. The first-order valence-electron chi connectivity index (χ1n) is 5.29. The average molecular weight is 258 g/mol. The molecule has 1 aromatic rings. The van der Waals surface area contributed by atoms with E-state index in [0.717, 1.165) is 5.56 Å². The quantitative estimate of drug-likeness (QED) is 0.649. The molecular formula is C13H17Cl2N. The van der Waals surface area contributed by atoms with Crippen LogP contribution in [-0.2, 0) is 0 Å². The van der Waals surface area contributed by atoms with E-state index >= 15 is 0 Å². The minimum absolute atomic E-state index is 0.0593. The Morgan fingerprint density at radius 2 is 1.88 bits per heavy atom. The smallest absolute Gasteiger partial charge is 0.0731 e. The Kier molecular flexibility index (Phi) is 4.40. The largest absolute Gasteiger partial charge is 0.289 e. The molecule has 0 saturated carbocycles. The summed E-state index contributed by atoms with van der Waals surface area (Å²) in [4.78, 5) is 4.50. The van der Waals surface area contributed by atoms with Gasteiger partial charge in [-0.25, -0.2) is 0 Å². The summed E-state index contributed by atoms with van der Waals surface area (Å²) < 4.78 is 0. The molecule has 1 nitrogen and oxygen atoms in total. The van der Waals surface area contributed by atoms with Gasteiger partial charge in [-0.3, -0.25) is 4.99 Å². The van der Waals surface area contributed by atoms with Gasteiger partial charge < -0.3 is 0 Å². The van der Waals surface area contributed by atoms with Gasteiger partial charge in [-0.1, -0.05) is 50.0 Å². The van der Waals surface area contributed by atoms with Crippen molar-refractivity contribution in [2.45, 2.75) is 33.7 Å². The van der Waals surface area contributed by atoms with E-state index in [1.807, 2.05) is 25.3 Å². The van der Waals surface area contributed by atoms with E-state index in [1.54, 1.807) is 6.07 Å². The van der Waals surface area contributed by atoms with Crippen LogP contribution in [0.15, 0.2) is 23.2 Å². The van der Waals surface area contributed by atoms with Crippen LogP contribution in [0, 0.1) is 5.41 Å². The molecule has 3 heteroatoms. The third-order valence-corrected chi connectivity index (χ3v) is 2.66. The molecule has 0 aliphatic rings. The second-order valence-electron chi connectivity index (χ2n) is 4.99. The Balaban J connectivity index is 2.89. The molecule has 0 radical (unpaired) electrons. The number of rotatable bonds is 2. The van der Waals surface area contributed by atoms with Gasteiger partial charge in [-0.2, -0.15) is 0 Å². The first-order chi connectivity index (χ1) is 7.29. The molecule has 1 unspecified atom stereocenters. The molecule has 0 aromatic heterocycles. The lowest BCUT2D eigenvalue weighted by atomic mass is 9.99. The average Bonchev–Trinajstić information content (AvgIpc) is 2.13. The van der Waals surface area contributed by atoms with Crippen molar-refractivity contribution >= 4 is 29.4 Å². The first-order valence-corrected chi connectivity index (χ1v) is 6.04. The van der Waals surface area contributed by atoms with Crippen molar-refractivity contribution in [3.63, 3.8) is 0 Å². The predicted octanol–water partition coefficient (Wildman–Crippen LogP) is 5.17. The van der Waals surface area contributed by atoms with Crippen molar-refractivity contribution < 1.29 is 0 Å². The molecule has 1 aromatic carbocycles. The molecule has 0 heterocycles. The van der Waals surface area contributed by atoms with Crippen LogP contribution in [0.25, 0.3) is 0 Å². The first kappa shape index (κ1) is 13.5. The van der Waals surface area contributed by atoms with Crippen LogP contribution in [0.1, 0.15) is 39.3 Å². The van der Waals surface area contributed by atoms with Crippen LogP contribution in [0.5, 0.6) is 0 Å². The van der Waals surface area contributed by atoms with Gasteiger partial charge in [0, 0.05) is 16.3 Å². The van der Waals surface area contributed by atoms with E-state index in [2.05, 4.69) is 25.8 Å². The second kappa shape index (κ2) is 5.20. The zero-order chi connectivity index (χ0) is 12.3. The van der Waals surface area contributed by atoms with Gasteiger partial charge >= 0.3 is 0 Å².